The molecule has 1 aromatic rings. The van der Waals surface area contributed by atoms with Gasteiger partial charge in [0.1, 0.15) is 0 Å². The van der Waals surface area contributed by atoms with Gasteiger partial charge in [0.05, 0.1) is 6.04 Å². The average molecular weight is 250 g/mol. The second-order valence-electron chi connectivity index (χ2n) is 4.64. The van der Waals surface area contributed by atoms with Gasteiger partial charge in [-0.05, 0) is 43.9 Å². The largest absolute Gasteiger partial charge is 0.307 e. The van der Waals surface area contributed by atoms with Gasteiger partial charge in [0.2, 0.25) is 0 Å². The molecule has 0 amide bonds. The molecular formula is C15H20ClN. The number of nitrogens with one attached hydrogen (secondary N) is 1. The number of halogens is 1. The first kappa shape index (κ1) is 12.7. The molecule has 2 rings (SSSR count). The van der Waals surface area contributed by atoms with Crippen molar-refractivity contribution in [2.75, 3.05) is 6.54 Å². The van der Waals surface area contributed by atoms with Gasteiger partial charge < -0.3 is 5.32 Å². The fourth-order valence-corrected chi connectivity index (χ4v) is 2.73. The van der Waals surface area contributed by atoms with Crippen LogP contribution < -0.4 is 5.32 Å². The predicted molar refractivity (Wildman–Crippen MR) is 74.5 cm³/mol. The molecule has 0 aliphatic heterocycles. The first-order valence-electron chi connectivity index (χ1n) is 6.41. The highest BCUT2D eigenvalue weighted by Gasteiger charge is 2.20. The van der Waals surface area contributed by atoms with Crippen LogP contribution in [0.25, 0.3) is 0 Å². The molecule has 92 valence electrons. The molecule has 1 aliphatic carbocycles. The first-order valence-corrected chi connectivity index (χ1v) is 6.79. The lowest BCUT2D eigenvalue weighted by Crippen LogP contribution is -2.22. The van der Waals surface area contributed by atoms with E-state index >= 15 is 0 Å². The summed E-state index contributed by atoms with van der Waals surface area (Å²) in [5.74, 6) is 0. The molecule has 1 N–H and O–H groups in total. The predicted octanol–water partition coefficient (Wildman–Crippen LogP) is 4.41. The molecule has 0 heterocycles. The SMILES string of the molecule is CCNC(C1=CCCC1)c1cccc(C)c1Cl. The molecule has 1 nitrogen and oxygen atoms in total. The molecule has 1 aliphatic rings. The van der Waals surface area contributed by atoms with Crippen molar-refractivity contribution in [3.8, 4) is 0 Å². The summed E-state index contributed by atoms with van der Waals surface area (Å²) < 4.78 is 0. The highest BCUT2D eigenvalue weighted by atomic mass is 35.5. The van der Waals surface area contributed by atoms with Crippen molar-refractivity contribution in [1.82, 2.24) is 5.32 Å². The quantitative estimate of drug-likeness (QED) is 0.780. The number of aryl methyl sites for hydroxylation is 1. The van der Waals surface area contributed by atoms with Crippen molar-refractivity contribution < 1.29 is 0 Å². The molecule has 0 aromatic heterocycles. The van der Waals surface area contributed by atoms with Crippen molar-refractivity contribution in [1.29, 1.82) is 0 Å². The van der Waals surface area contributed by atoms with E-state index in [0.29, 0.717) is 6.04 Å². The lowest BCUT2D eigenvalue weighted by atomic mass is 9.96. The van der Waals surface area contributed by atoms with E-state index in [2.05, 4.69) is 43.4 Å². The third-order valence-electron chi connectivity index (χ3n) is 3.39. The normalized spacial score (nSPS) is 17.0. The molecule has 1 unspecified atom stereocenters. The van der Waals surface area contributed by atoms with Crippen LogP contribution in [0.2, 0.25) is 5.02 Å². The fraction of sp³-hybridized carbons (Fsp3) is 0.467. The minimum atomic E-state index is 0.301. The van der Waals surface area contributed by atoms with Gasteiger partial charge in [-0.2, -0.15) is 0 Å². The zero-order chi connectivity index (χ0) is 12.3. The molecular weight excluding hydrogens is 230 g/mol. The summed E-state index contributed by atoms with van der Waals surface area (Å²) in [6.07, 6.45) is 6.05. The van der Waals surface area contributed by atoms with Gasteiger partial charge in [-0.25, -0.2) is 0 Å². The molecule has 1 atom stereocenters. The standard InChI is InChI=1S/C15H20ClN/c1-3-17-15(12-8-4-5-9-12)13-10-6-7-11(2)14(13)16/h6-8,10,15,17H,3-5,9H2,1-2H3. The van der Waals surface area contributed by atoms with Gasteiger partial charge in [0.15, 0.2) is 0 Å². The minimum absolute atomic E-state index is 0.301. The van der Waals surface area contributed by atoms with Gasteiger partial charge in [-0.15, -0.1) is 0 Å². The number of hydrogen-bond donors (Lipinski definition) is 1. The Balaban J connectivity index is 2.35. The maximum Gasteiger partial charge on any atom is 0.0550 e. The zero-order valence-corrected chi connectivity index (χ0v) is 11.3. The van der Waals surface area contributed by atoms with Crippen LogP contribution in [-0.2, 0) is 0 Å². The Morgan fingerprint density at radius 2 is 2.24 bits per heavy atom. The molecule has 2 heteroatoms. The summed E-state index contributed by atoms with van der Waals surface area (Å²) in [5, 5.41) is 4.46. The van der Waals surface area contributed by atoms with E-state index in [1.807, 2.05) is 0 Å². The van der Waals surface area contributed by atoms with E-state index in [9.17, 15) is 0 Å². The third-order valence-corrected chi connectivity index (χ3v) is 3.90. The Morgan fingerprint density at radius 3 is 2.88 bits per heavy atom. The number of likely N-dealkylation sites (N-methyl/N-ethyl adjacent to an activating group) is 1. The second-order valence-corrected chi connectivity index (χ2v) is 5.02. The number of rotatable bonds is 4. The Morgan fingerprint density at radius 1 is 1.41 bits per heavy atom. The first-order chi connectivity index (χ1) is 8.24. The molecule has 0 saturated carbocycles. The van der Waals surface area contributed by atoms with Gasteiger partial charge in [-0.3, -0.25) is 0 Å². The van der Waals surface area contributed by atoms with Crippen LogP contribution >= 0.6 is 11.6 Å². The molecule has 0 saturated heterocycles. The van der Waals surface area contributed by atoms with Crippen molar-refractivity contribution in [2.24, 2.45) is 0 Å². The van der Waals surface area contributed by atoms with E-state index in [4.69, 9.17) is 11.6 Å². The van der Waals surface area contributed by atoms with Crippen molar-refractivity contribution in [2.45, 2.75) is 39.2 Å². The van der Waals surface area contributed by atoms with Crippen molar-refractivity contribution in [3.63, 3.8) is 0 Å². The molecule has 0 spiro atoms. The maximum absolute atomic E-state index is 6.43. The Bertz CT molecular complexity index is 423. The lowest BCUT2D eigenvalue weighted by Gasteiger charge is -2.22. The Kier molecular flexibility index (Phi) is 4.25. The molecule has 0 radical (unpaired) electrons. The second kappa shape index (κ2) is 5.70. The molecule has 1 aromatic carbocycles. The monoisotopic (exact) mass is 249 g/mol. The number of allylic oxidation sites excluding steroid dienone is 1. The molecule has 17 heavy (non-hydrogen) atoms. The highest BCUT2D eigenvalue weighted by molar-refractivity contribution is 6.32. The smallest absolute Gasteiger partial charge is 0.0550 e. The van der Waals surface area contributed by atoms with Gasteiger partial charge in [0, 0.05) is 5.02 Å². The van der Waals surface area contributed by atoms with Gasteiger partial charge in [-0.1, -0.05) is 48.4 Å². The third kappa shape index (κ3) is 2.72. The van der Waals surface area contributed by atoms with Crippen LogP contribution in [0.3, 0.4) is 0 Å². The summed E-state index contributed by atoms with van der Waals surface area (Å²) >= 11 is 6.43. The summed E-state index contributed by atoms with van der Waals surface area (Å²) in [6.45, 7) is 5.18. The van der Waals surface area contributed by atoms with E-state index in [1.165, 1.54) is 30.4 Å². The Labute approximate surface area is 109 Å². The summed E-state index contributed by atoms with van der Waals surface area (Å²) in [4.78, 5) is 0. The molecule has 0 fully saturated rings. The average Bonchev–Trinajstić information content (AvgIpc) is 2.84. The van der Waals surface area contributed by atoms with Crippen LogP contribution in [-0.4, -0.2) is 6.54 Å². The van der Waals surface area contributed by atoms with E-state index in [-0.39, 0.29) is 0 Å². The number of hydrogen-bond acceptors (Lipinski definition) is 1. The van der Waals surface area contributed by atoms with E-state index < -0.39 is 0 Å². The van der Waals surface area contributed by atoms with Crippen LogP contribution in [0, 0.1) is 6.92 Å². The van der Waals surface area contributed by atoms with Crippen LogP contribution in [0.4, 0.5) is 0 Å². The minimum Gasteiger partial charge on any atom is -0.307 e. The number of benzene rings is 1. The topological polar surface area (TPSA) is 12.0 Å². The maximum atomic E-state index is 6.43. The van der Waals surface area contributed by atoms with E-state index in [0.717, 1.165) is 17.1 Å². The van der Waals surface area contributed by atoms with Crippen LogP contribution in [0.5, 0.6) is 0 Å². The Hall–Kier alpha value is -0.790. The highest BCUT2D eigenvalue weighted by Crippen LogP contribution is 2.35. The van der Waals surface area contributed by atoms with Gasteiger partial charge >= 0.3 is 0 Å². The fourth-order valence-electron chi connectivity index (χ4n) is 2.50. The summed E-state index contributed by atoms with van der Waals surface area (Å²) in [7, 11) is 0. The summed E-state index contributed by atoms with van der Waals surface area (Å²) in [6, 6.07) is 6.60. The summed E-state index contributed by atoms with van der Waals surface area (Å²) in [5.41, 5.74) is 3.88. The van der Waals surface area contributed by atoms with Crippen LogP contribution in [0.15, 0.2) is 29.8 Å². The zero-order valence-electron chi connectivity index (χ0n) is 10.6. The van der Waals surface area contributed by atoms with E-state index in [1.54, 1.807) is 0 Å². The van der Waals surface area contributed by atoms with Gasteiger partial charge in [0.25, 0.3) is 0 Å². The molecule has 0 bridgehead atoms. The van der Waals surface area contributed by atoms with Crippen molar-refractivity contribution >= 4 is 11.6 Å². The lowest BCUT2D eigenvalue weighted by molar-refractivity contribution is 0.605. The van der Waals surface area contributed by atoms with Crippen molar-refractivity contribution in [3.05, 3.63) is 46.0 Å². The van der Waals surface area contributed by atoms with Crippen LogP contribution in [0.1, 0.15) is 43.4 Å².